The maximum atomic E-state index is 11.6. The Morgan fingerprint density at radius 3 is 2.59 bits per heavy atom. The number of hydrogen-bond acceptors (Lipinski definition) is 5. The number of carbonyl (C=O) groups is 1. The first kappa shape index (κ1) is 13.7. The Kier molecular flexibility index (Phi) is 3.89. The number of primary sulfonamides is 1. The van der Waals surface area contributed by atoms with Crippen molar-refractivity contribution in [1.29, 1.82) is 0 Å². The third-order valence-electron chi connectivity index (χ3n) is 2.00. The molecule has 0 radical (unpaired) electrons. The first-order valence-corrected chi connectivity index (χ1v) is 6.61. The molecule has 17 heavy (non-hydrogen) atoms. The second kappa shape index (κ2) is 4.84. The summed E-state index contributed by atoms with van der Waals surface area (Å²) >= 11 is 0. The van der Waals surface area contributed by atoms with Crippen LogP contribution in [0.1, 0.15) is 37.2 Å². The molecule has 1 aromatic heterocycles. The number of hydrogen-bond donors (Lipinski definition) is 1. The fraction of sp³-hybridized carbons (Fsp3) is 0.556. The van der Waals surface area contributed by atoms with E-state index in [1.807, 2.05) is 0 Å². The molecule has 0 saturated carbocycles. The van der Waals surface area contributed by atoms with E-state index in [1.54, 1.807) is 20.8 Å². The number of rotatable bonds is 4. The minimum atomic E-state index is -4.03. The van der Waals surface area contributed by atoms with Crippen LogP contribution in [0.4, 0.5) is 0 Å². The van der Waals surface area contributed by atoms with Crippen LogP contribution in [0.5, 0.6) is 0 Å². The molecule has 7 nitrogen and oxygen atoms in total. The van der Waals surface area contributed by atoms with Crippen molar-refractivity contribution in [2.75, 3.05) is 6.61 Å². The fourth-order valence-electron chi connectivity index (χ4n) is 1.35. The van der Waals surface area contributed by atoms with Crippen LogP contribution in [-0.4, -0.2) is 30.8 Å². The Bertz CT molecular complexity index is 518. The van der Waals surface area contributed by atoms with Crippen LogP contribution < -0.4 is 5.14 Å². The molecular formula is C9H15N3O4S. The molecule has 8 heteroatoms. The van der Waals surface area contributed by atoms with Crippen molar-refractivity contribution in [2.45, 2.75) is 31.8 Å². The van der Waals surface area contributed by atoms with Crippen LogP contribution in [0.3, 0.4) is 0 Å². The standard InChI is InChI=1S/C9H15N3O4S/c1-4-16-9(13)7-5-11-12(6(2)3)8(7)17(10,14)15/h5-6H,4H2,1-3H3,(H2,10,14,15). The zero-order chi connectivity index (χ0) is 13.2. The highest BCUT2D eigenvalue weighted by Crippen LogP contribution is 2.19. The molecule has 0 bridgehead atoms. The Morgan fingerprint density at radius 1 is 1.59 bits per heavy atom. The van der Waals surface area contributed by atoms with E-state index in [4.69, 9.17) is 9.88 Å². The van der Waals surface area contributed by atoms with Crippen LogP contribution in [0.25, 0.3) is 0 Å². The van der Waals surface area contributed by atoms with Gasteiger partial charge in [0.2, 0.25) is 0 Å². The third kappa shape index (κ3) is 2.83. The van der Waals surface area contributed by atoms with E-state index in [0.717, 1.165) is 6.20 Å². The average molecular weight is 261 g/mol. The summed E-state index contributed by atoms with van der Waals surface area (Å²) in [6.07, 6.45) is 1.15. The fourth-order valence-corrected chi connectivity index (χ4v) is 2.31. The van der Waals surface area contributed by atoms with Gasteiger partial charge >= 0.3 is 5.97 Å². The summed E-state index contributed by atoms with van der Waals surface area (Å²) in [6.45, 7) is 5.24. The molecule has 0 aliphatic heterocycles. The molecular weight excluding hydrogens is 246 g/mol. The average Bonchev–Trinajstić information content (AvgIpc) is 2.61. The van der Waals surface area contributed by atoms with Gasteiger partial charge in [0.15, 0.2) is 5.03 Å². The SMILES string of the molecule is CCOC(=O)c1cnn(C(C)C)c1S(N)(=O)=O. The molecule has 0 spiro atoms. The lowest BCUT2D eigenvalue weighted by atomic mass is 10.3. The predicted molar refractivity (Wildman–Crippen MR) is 59.9 cm³/mol. The van der Waals surface area contributed by atoms with Gasteiger partial charge in [0, 0.05) is 6.04 Å². The molecule has 1 heterocycles. The summed E-state index contributed by atoms with van der Waals surface area (Å²) in [5.41, 5.74) is -0.136. The van der Waals surface area contributed by atoms with Gasteiger partial charge in [-0.25, -0.2) is 23.0 Å². The summed E-state index contributed by atoms with van der Waals surface area (Å²) in [7, 11) is -4.03. The highest BCUT2D eigenvalue weighted by atomic mass is 32.2. The van der Waals surface area contributed by atoms with Crippen LogP contribution >= 0.6 is 0 Å². The number of esters is 1. The summed E-state index contributed by atoms with van der Waals surface area (Å²) in [4.78, 5) is 11.6. The Hall–Kier alpha value is -1.41. The van der Waals surface area contributed by atoms with Crippen LogP contribution in [0.2, 0.25) is 0 Å². The van der Waals surface area contributed by atoms with E-state index < -0.39 is 16.0 Å². The summed E-state index contributed by atoms with van der Waals surface area (Å²) < 4.78 is 28.8. The molecule has 0 saturated heterocycles. The maximum Gasteiger partial charge on any atom is 0.342 e. The van der Waals surface area contributed by atoms with Gasteiger partial charge in [-0.1, -0.05) is 0 Å². The normalized spacial score (nSPS) is 11.8. The van der Waals surface area contributed by atoms with Crippen molar-refractivity contribution in [3.8, 4) is 0 Å². The lowest BCUT2D eigenvalue weighted by Gasteiger charge is -2.10. The van der Waals surface area contributed by atoms with Crippen molar-refractivity contribution >= 4 is 16.0 Å². The summed E-state index contributed by atoms with van der Waals surface area (Å²) in [5, 5.41) is 8.61. The quantitative estimate of drug-likeness (QED) is 0.784. The van der Waals surface area contributed by atoms with E-state index in [0.29, 0.717) is 0 Å². The maximum absolute atomic E-state index is 11.6. The third-order valence-corrected chi connectivity index (χ3v) is 2.95. The largest absolute Gasteiger partial charge is 0.462 e. The molecule has 1 aromatic rings. The summed E-state index contributed by atoms with van der Waals surface area (Å²) in [6, 6.07) is -0.230. The molecule has 0 unspecified atom stereocenters. The molecule has 0 aromatic carbocycles. The predicted octanol–water partition coefficient (Wildman–Crippen LogP) is 0.288. The Labute approximate surface area is 99.6 Å². The first-order valence-electron chi connectivity index (χ1n) is 5.06. The number of sulfonamides is 1. The van der Waals surface area contributed by atoms with Crippen molar-refractivity contribution < 1.29 is 17.9 Å². The molecule has 0 aliphatic rings. The highest BCUT2D eigenvalue weighted by molar-refractivity contribution is 7.89. The molecule has 0 aliphatic carbocycles. The highest BCUT2D eigenvalue weighted by Gasteiger charge is 2.27. The van der Waals surface area contributed by atoms with Gasteiger partial charge in [-0.3, -0.25) is 0 Å². The molecule has 0 amide bonds. The van der Waals surface area contributed by atoms with Crippen LogP contribution in [-0.2, 0) is 14.8 Å². The second-order valence-electron chi connectivity index (χ2n) is 3.67. The number of aromatic nitrogens is 2. The van der Waals surface area contributed by atoms with Crippen LogP contribution in [0.15, 0.2) is 11.2 Å². The van der Waals surface area contributed by atoms with Gasteiger partial charge < -0.3 is 4.74 Å². The van der Waals surface area contributed by atoms with Crippen molar-refractivity contribution in [3.05, 3.63) is 11.8 Å². The lowest BCUT2D eigenvalue weighted by Crippen LogP contribution is -2.22. The number of nitrogens with zero attached hydrogens (tertiary/aromatic N) is 2. The van der Waals surface area contributed by atoms with Crippen molar-refractivity contribution in [1.82, 2.24) is 9.78 Å². The Balaban J connectivity index is 3.39. The van der Waals surface area contributed by atoms with Gasteiger partial charge in [0.1, 0.15) is 5.56 Å². The van der Waals surface area contributed by atoms with E-state index in [9.17, 15) is 13.2 Å². The minimum absolute atomic E-state index is 0.136. The zero-order valence-electron chi connectivity index (χ0n) is 9.87. The minimum Gasteiger partial charge on any atom is -0.462 e. The van der Waals surface area contributed by atoms with E-state index >= 15 is 0 Å². The van der Waals surface area contributed by atoms with Crippen molar-refractivity contribution in [3.63, 3.8) is 0 Å². The smallest absolute Gasteiger partial charge is 0.342 e. The molecule has 0 atom stereocenters. The molecule has 1 rings (SSSR count). The van der Waals surface area contributed by atoms with E-state index in [1.165, 1.54) is 4.68 Å². The molecule has 2 N–H and O–H groups in total. The van der Waals surface area contributed by atoms with Gasteiger partial charge in [-0.2, -0.15) is 5.10 Å². The van der Waals surface area contributed by atoms with Gasteiger partial charge in [-0.05, 0) is 20.8 Å². The first-order chi connectivity index (χ1) is 7.79. The topological polar surface area (TPSA) is 104 Å². The van der Waals surface area contributed by atoms with Crippen LogP contribution in [0, 0.1) is 0 Å². The van der Waals surface area contributed by atoms with Gasteiger partial charge in [0.05, 0.1) is 12.8 Å². The van der Waals surface area contributed by atoms with Crippen molar-refractivity contribution in [2.24, 2.45) is 5.14 Å². The number of ether oxygens (including phenoxy) is 1. The zero-order valence-corrected chi connectivity index (χ0v) is 10.7. The molecule has 0 fully saturated rings. The lowest BCUT2D eigenvalue weighted by molar-refractivity contribution is 0.0521. The Morgan fingerprint density at radius 2 is 2.18 bits per heavy atom. The van der Waals surface area contributed by atoms with E-state index in [-0.39, 0.29) is 23.2 Å². The van der Waals surface area contributed by atoms with E-state index in [2.05, 4.69) is 5.10 Å². The monoisotopic (exact) mass is 261 g/mol. The second-order valence-corrected chi connectivity index (χ2v) is 5.14. The van der Waals surface area contributed by atoms with Gasteiger partial charge in [-0.15, -0.1) is 0 Å². The number of nitrogens with two attached hydrogens (primary N) is 1. The number of carbonyl (C=O) groups excluding carboxylic acids is 1. The molecule has 96 valence electrons. The van der Waals surface area contributed by atoms with Gasteiger partial charge in [0.25, 0.3) is 10.0 Å². The summed E-state index contributed by atoms with van der Waals surface area (Å²) in [5.74, 6) is -0.747.